The van der Waals surface area contributed by atoms with E-state index in [1.54, 1.807) is 48.8 Å². The highest BCUT2D eigenvalue weighted by atomic mass is 16.5. The number of ether oxygens (including phenoxy) is 1. The maximum atomic E-state index is 13.2. The van der Waals surface area contributed by atoms with E-state index in [-0.39, 0.29) is 23.9 Å². The molecule has 3 heterocycles. The first-order valence-corrected chi connectivity index (χ1v) is 11.9. The smallest absolute Gasteiger partial charge is 0.244 e. The van der Waals surface area contributed by atoms with Gasteiger partial charge in [0.15, 0.2) is 17.6 Å². The molecule has 186 valence electrons. The molecule has 0 radical (unpaired) electrons. The van der Waals surface area contributed by atoms with Gasteiger partial charge in [-0.25, -0.2) is 9.67 Å². The van der Waals surface area contributed by atoms with Crippen molar-refractivity contribution in [2.75, 3.05) is 14.2 Å². The number of methoxy groups -OCH3 is 1. The number of hydrogen-bond acceptors (Lipinski definition) is 7. The third kappa shape index (κ3) is 4.06. The van der Waals surface area contributed by atoms with E-state index in [9.17, 15) is 9.59 Å². The van der Waals surface area contributed by atoms with Gasteiger partial charge in [0.05, 0.1) is 36.6 Å². The molecular formula is C27H24N6O4. The van der Waals surface area contributed by atoms with Crippen molar-refractivity contribution in [1.29, 1.82) is 0 Å². The van der Waals surface area contributed by atoms with Gasteiger partial charge in [-0.05, 0) is 41.7 Å². The normalized spacial score (nSPS) is 14.6. The standard InChI is InChI=1S/C27H24N6O4/c1-32(27(35)14-33-8-7-29-31-33)23-6-5-16-3-4-17(9-18(16)23)21-11-24(34)19-10-20(26-13-28-15-37-26)25(36-2)12-22(19)30-21/h3-4,7-13,15,23H,5-6,14H2,1-2H3,(H,30,34). The van der Waals surface area contributed by atoms with Gasteiger partial charge >= 0.3 is 0 Å². The number of hydrogen-bond donors (Lipinski definition) is 1. The van der Waals surface area contributed by atoms with E-state index >= 15 is 0 Å². The highest BCUT2D eigenvalue weighted by Gasteiger charge is 2.29. The SMILES string of the molecule is COc1cc2[nH]c(-c3ccc4c(c3)C(N(C)C(=O)Cn3ccnn3)CC4)cc(=O)c2cc1-c1cnco1. The number of aromatic nitrogens is 5. The number of aryl methyl sites for hydroxylation is 1. The van der Waals surface area contributed by atoms with Gasteiger partial charge in [0.2, 0.25) is 5.91 Å². The first-order valence-electron chi connectivity index (χ1n) is 11.9. The van der Waals surface area contributed by atoms with Crippen LogP contribution in [0.25, 0.3) is 33.5 Å². The van der Waals surface area contributed by atoms with E-state index in [1.807, 2.05) is 13.1 Å². The second-order valence-corrected chi connectivity index (χ2v) is 9.08. The average Bonchev–Trinajstić information content (AvgIpc) is 3.69. The molecule has 0 aliphatic heterocycles. The minimum Gasteiger partial charge on any atom is -0.496 e. The van der Waals surface area contributed by atoms with Gasteiger partial charge in [0.25, 0.3) is 0 Å². The number of aromatic amines is 1. The predicted molar refractivity (Wildman–Crippen MR) is 136 cm³/mol. The van der Waals surface area contributed by atoms with Crippen molar-refractivity contribution in [3.63, 3.8) is 0 Å². The first kappa shape index (κ1) is 22.7. The second-order valence-electron chi connectivity index (χ2n) is 9.08. The lowest BCUT2D eigenvalue weighted by molar-refractivity contribution is -0.133. The Bertz CT molecular complexity index is 1660. The molecule has 1 unspecified atom stereocenters. The summed E-state index contributed by atoms with van der Waals surface area (Å²) < 4.78 is 12.5. The number of benzene rings is 2. The number of fused-ring (bicyclic) bond motifs is 2. The second kappa shape index (κ2) is 9.05. The number of rotatable bonds is 6. The molecule has 10 heteroatoms. The molecular weight excluding hydrogens is 472 g/mol. The van der Waals surface area contributed by atoms with Crippen LogP contribution in [0.5, 0.6) is 5.75 Å². The molecule has 6 rings (SSSR count). The number of amides is 1. The van der Waals surface area contributed by atoms with E-state index < -0.39 is 0 Å². The summed E-state index contributed by atoms with van der Waals surface area (Å²) in [5.74, 6) is 1.05. The zero-order valence-electron chi connectivity index (χ0n) is 20.3. The van der Waals surface area contributed by atoms with Crippen LogP contribution in [-0.2, 0) is 17.8 Å². The Morgan fingerprint density at radius 1 is 1.27 bits per heavy atom. The fourth-order valence-electron chi connectivity index (χ4n) is 5.03. The number of carbonyl (C=O) groups is 1. The van der Waals surface area contributed by atoms with E-state index in [0.29, 0.717) is 33.7 Å². The Morgan fingerprint density at radius 3 is 2.92 bits per heavy atom. The van der Waals surface area contributed by atoms with Crippen LogP contribution in [0, 0.1) is 0 Å². The minimum absolute atomic E-state index is 0.0393. The highest BCUT2D eigenvalue weighted by Crippen LogP contribution is 2.38. The fraction of sp³-hybridized carbons (Fsp3) is 0.222. The zero-order valence-corrected chi connectivity index (χ0v) is 20.3. The molecule has 10 nitrogen and oxygen atoms in total. The van der Waals surface area contributed by atoms with Gasteiger partial charge in [-0.1, -0.05) is 17.3 Å². The van der Waals surface area contributed by atoms with Crippen molar-refractivity contribution < 1.29 is 13.9 Å². The van der Waals surface area contributed by atoms with Crippen LogP contribution in [0.3, 0.4) is 0 Å². The van der Waals surface area contributed by atoms with Crippen molar-refractivity contribution in [3.05, 3.63) is 82.7 Å². The number of nitrogens with zero attached hydrogens (tertiary/aromatic N) is 5. The molecule has 5 aromatic rings. The molecule has 0 saturated carbocycles. The van der Waals surface area contributed by atoms with Gasteiger partial charge in [-0.2, -0.15) is 0 Å². The lowest BCUT2D eigenvalue weighted by atomic mass is 10.0. The summed E-state index contributed by atoms with van der Waals surface area (Å²) in [6.45, 7) is 0.137. The molecule has 1 atom stereocenters. The predicted octanol–water partition coefficient (Wildman–Crippen LogP) is 3.60. The Kier molecular flexibility index (Phi) is 5.56. The summed E-state index contributed by atoms with van der Waals surface area (Å²) in [5.41, 5.74) is 5.05. The van der Waals surface area contributed by atoms with E-state index in [1.165, 1.54) is 16.6 Å². The summed E-state index contributed by atoms with van der Waals surface area (Å²) in [4.78, 5) is 35.2. The number of H-pyrrole nitrogens is 1. The van der Waals surface area contributed by atoms with E-state index in [4.69, 9.17) is 9.15 Å². The number of pyridine rings is 1. The van der Waals surface area contributed by atoms with Crippen LogP contribution in [0.4, 0.5) is 0 Å². The van der Waals surface area contributed by atoms with Gasteiger partial charge < -0.3 is 19.0 Å². The Morgan fingerprint density at radius 2 is 2.16 bits per heavy atom. The van der Waals surface area contributed by atoms with Crippen LogP contribution < -0.4 is 10.2 Å². The summed E-state index contributed by atoms with van der Waals surface area (Å²) in [6.07, 6.45) is 7.88. The van der Waals surface area contributed by atoms with Crippen molar-refractivity contribution in [3.8, 4) is 28.3 Å². The van der Waals surface area contributed by atoms with Crippen LogP contribution in [-0.4, -0.2) is 49.9 Å². The Labute approximate surface area is 211 Å². The van der Waals surface area contributed by atoms with E-state index in [0.717, 1.165) is 24.0 Å². The Hall–Kier alpha value is -4.73. The third-order valence-electron chi connectivity index (χ3n) is 6.98. The molecule has 1 aliphatic carbocycles. The van der Waals surface area contributed by atoms with Crippen LogP contribution >= 0.6 is 0 Å². The van der Waals surface area contributed by atoms with Gasteiger partial charge in [0, 0.05) is 36.5 Å². The molecule has 0 bridgehead atoms. The van der Waals surface area contributed by atoms with Gasteiger partial charge in [-0.3, -0.25) is 9.59 Å². The van der Waals surface area contributed by atoms with Crippen molar-refractivity contribution in [1.82, 2.24) is 29.9 Å². The zero-order chi connectivity index (χ0) is 25.5. The average molecular weight is 497 g/mol. The molecule has 2 aromatic carbocycles. The number of likely N-dealkylation sites (N-methyl/N-ethyl adjacent to an activating group) is 1. The molecule has 1 N–H and O–H groups in total. The van der Waals surface area contributed by atoms with Crippen LogP contribution in [0.2, 0.25) is 0 Å². The summed E-state index contributed by atoms with van der Waals surface area (Å²) in [5, 5.41) is 8.19. The maximum Gasteiger partial charge on any atom is 0.244 e. The molecule has 0 fully saturated rings. The molecule has 0 spiro atoms. The summed E-state index contributed by atoms with van der Waals surface area (Å²) in [7, 11) is 3.40. The monoisotopic (exact) mass is 496 g/mol. The molecule has 0 saturated heterocycles. The summed E-state index contributed by atoms with van der Waals surface area (Å²) in [6, 6.07) is 11.3. The number of nitrogens with one attached hydrogen (secondary N) is 1. The molecule has 3 aromatic heterocycles. The van der Waals surface area contributed by atoms with Crippen molar-refractivity contribution in [2.24, 2.45) is 0 Å². The number of oxazole rings is 1. The first-order chi connectivity index (χ1) is 18.0. The lowest BCUT2D eigenvalue weighted by Gasteiger charge is -2.25. The van der Waals surface area contributed by atoms with Gasteiger partial charge in [-0.15, -0.1) is 5.10 Å². The summed E-state index contributed by atoms with van der Waals surface area (Å²) >= 11 is 0. The topological polar surface area (TPSA) is 119 Å². The third-order valence-corrected chi connectivity index (χ3v) is 6.98. The molecule has 1 aliphatic rings. The highest BCUT2D eigenvalue weighted by molar-refractivity contribution is 5.88. The van der Waals surface area contributed by atoms with Crippen molar-refractivity contribution >= 4 is 16.8 Å². The van der Waals surface area contributed by atoms with Crippen molar-refractivity contribution in [2.45, 2.75) is 25.4 Å². The maximum absolute atomic E-state index is 13.2. The van der Waals surface area contributed by atoms with E-state index in [2.05, 4.69) is 32.4 Å². The minimum atomic E-state index is -0.121. The largest absolute Gasteiger partial charge is 0.496 e. The van der Waals surface area contributed by atoms with Crippen LogP contribution in [0.15, 0.2) is 70.6 Å². The quantitative estimate of drug-likeness (QED) is 0.381. The fourth-order valence-corrected chi connectivity index (χ4v) is 5.03. The lowest BCUT2D eigenvalue weighted by Crippen LogP contribution is -2.33. The van der Waals surface area contributed by atoms with Gasteiger partial charge in [0.1, 0.15) is 12.3 Å². The molecule has 37 heavy (non-hydrogen) atoms. The van der Waals surface area contributed by atoms with Crippen LogP contribution in [0.1, 0.15) is 23.6 Å². The molecule has 1 amide bonds. The Balaban J connectivity index is 1.35. The number of carbonyl (C=O) groups excluding carboxylic acids is 1.